The summed E-state index contributed by atoms with van der Waals surface area (Å²) in [6.07, 6.45) is 2.00. The van der Waals surface area contributed by atoms with E-state index in [1.807, 2.05) is 7.05 Å². The Morgan fingerprint density at radius 1 is 1.50 bits per heavy atom. The molecule has 78 valence electrons. The van der Waals surface area contributed by atoms with Crippen LogP contribution in [-0.4, -0.2) is 32.5 Å². The summed E-state index contributed by atoms with van der Waals surface area (Å²) < 4.78 is 18.7. The van der Waals surface area contributed by atoms with E-state index in [-0.39, 0.29) is 12.7 Å². The summed E-state index contributed by atoms with van der Waals surface area (Å²) in [7, 11) is 1.83. The van der Waals surface area contributed by atoms with E-state index >= 15 is 0 Å². The van der Waals surface area contributed by atoms with E-state index in [1.165, 1.54) is 0 Å². The third-order valence-corrected chi connectivity index (χ3v) is 2.29. The lowest BCUT2D eigenvalue weighted by Crippen LogP contribution is -2.35. The van der Waals surface area contributed by atoms with Gasteiger partial charge in [-0.1, -0.05) is 25.3 Å². The lowest BCUT2D eigenvalue weighted by Gasteiger charge is -2.28. The SMILES string of the molecule is C=CC1=C(C=C)[C@@H](CNC)OC[C@H]1F. The lowest BCUT2D eigenvalue weighted by atomic mass is 9.96. The molecule has 1 N–H and O–H groups in total. The van der Waals surface area contributed by atoms with Gasteiger partial charge >= 0.3 is 0 Å². The standard InChI is InChI=1S/C11H16FNO/c1-4-8-9(5-2)11(6-13-3)14-7-10(8)12/h4-5,10-11,13H,1-2,6-7H2,3H3/t10-,11-/m1/s1. The van der Waals surface area contributed by atoms with Crippen molar-refractivity contribution in [2.45, 2.75) is 12.3 Å². The van der Waals surface area contributed by atoms with Crippen LogP contribution in [0.2, 0.25) is 0 Å². The van der Waals surface area contributed by atoms with Crippen LogP contribution in [0.4, 0.5) is 4.39 Å². The van der Waals surface area contributed by atoms with Crippen molar-refractivity contribution in [1.82, 2.24) is 5.32 Å². The lowest BCUT2D eigenvalue weighted by molar-refractivity contribution is 0.0359. The maximum atomic E-state index is 13.4. The molecule has 0 bridgehead atoms. The van der Waals surface area contributed by atoms with Crippen LogP contribution in [0, 0.1) is 0 Å². The quantitative estimate of drug-likeness (QED) is 0.739. The van der Waals surface area contributed by atoms with Crippen LogP contribution in [-0.2, 0) is 4.74 Å². The third kappa shape index (κ3) is 2.11. The molecule has 1 aliphatic heterocycles. The van der Waals surface area contributed by atoms with Gasteiger partial charge in [0.1, 0.15) is 6.17 Å². The van der Waals surface area contributed by atoms with Gasteiger partial charge in [-0.25, -0.2) is 4.39 Å². The number of halogens is 1. The fraction of sp³-hybridized carbons (Fsp3) is 0.455. The second kappa shape index (κ2) is 5.08. The van der Waals surface area contributed by atoms with Crippen molar-refractivity contribution in [3.8, 4) is 0 Å². The van der Waals surface area contributed by atoms with Gasteiger partial charge < -0.3 is 10.1 Å². The van der Waals surface area contributed by atoms with Crippen molar-refractivity contribution in [3.05, 3.63) is 36.5 Å². The molecule has 1 rings (SSSR count). The van der Waals surface area contributed by atoms with Crippen LogP contribution >= 0.6 is 0 Å². The molecule has 0 spiro atoms. The van der Waals surface area contributed by atoms with Gasteiger partial charge in [0.2, 0.25) is 0 Å². The first-order valence-corrected chi connectivity index (χ1v) is 4.63. The van der Waals surface area contributed by atoms with Crippen molar-refractivity contribution in [3.63, 3.8) is 0 Å². The van der Waals surface area contributed by atoms with Gasteiger partial charge in [0.25, 0.3) is 0 Å². The molecule has 2 atom stereocenters. The summed E-state index contributed by atoms with van der Waals surface area (Å²) in [5.41, 5.74) is 1.40. The Bertz CT molecular complexity index is 260. The second-order valence-electron chi connectivity index (χ2n) is 3.17. The maximum Gasteiger partial charge on any atom is 0.149 e. The third-order valence-electron chi connectivity index (χ3n) is 2.29. The summed E-state index contributed by atoms with van der Waals surface area (Å²) in [4.78, 5) is 0. The summed E-state index contributed by atoms with van der Waals surface area (Å²) in [6.45, 7) is 8.04. The normalized spacial score (nSPS) is 27.6. The predicted octanol–water partition coefficient (Wildman–Crippen LogP) is 1.61. The molecule has 0 aromatic rings. The topological polar surface area (TPSA) is 21.3 Å². The Balaban J connectivity index is 2.96. The molecule has 14 heavy (non-hydrogen) atoms. The molecule has 0 saturated carbocycles. The van der Waals surface area contributed by atoms with Gasteiger partial charge in [-0.15, -0.1) is 0 Å². The average Bonchev–Trinajstić information content (AvgIpc) is 2.20. The molecule has 0 fully saturated rings. The molecule has 2 nitrogen and oxygen atoms in total. The fourth-order valence-corrected chi connectivity index (χ4v) is 1.60. The number of rotatable bonds is 4. The number of alkyl halides is 1. The maximum absolute atomic E-state index is 13.4. The van der Waals surface area contributed by atoms with Crippen LogP contribution < -0.4 is 5.32 Å². The molecule has 0 unspecified atom stereocenters. The van der Waals surface area contributed by atoms with Gasteiger partial charge in [0.15, 0.2) is 0 Å². The molecule has 0 aliphatic carbocycles. The minimum atomic E-state index is -1.08. The van der Waals surface area contributed by atoms with Crippen molar-refractivity contribution in [1.29, 1.82) is 0 Å². The number of ether oxygens (including phenoxy) is 1. The molecule has 0 aromatic carbocycles. The first-order chi connectivity index (χ1) is 6.74. The highest BCUT2D eigenvalue weighted by Gasteiger charge is 2.26. The molecule has 1 aliphatic rings. The van der Waals surface area contributed by atoms with Crippen molar-refractivity contribution >= 4 is 0 Å². The molecule has 0 radical (unpaired) electrons. The molecule has 0 saturated heterocycles. The summed E-state index contributed by atoms with van der Waals surface area (Å²) in [6, 6.07) is 0. The van der Waals surface area contributed by atoms with E-state index in [4.69, 9.17) is 4.74 Å². The Labute approximate surface area is 84.1 Å². The molecule has 1 heterocycles. The molecule has 0 amide bonds. The summed E-state index contributed by atoms with van der Waals surface area (Å²) >= 11 is 0. The van der Waals surface area contributed by atoms with Crippen molar-refractivity contribution in [2.75, 3.05) is 20.2 Å². The first kappa shape index (κ1) is 11.1. The van der Waals surface area contributed by atoms with Gasteiger partial charge in [0.05, 0.1) is 12.7 Å². The second-order valence-corrected chi connectivity index (χ2v) is 3.17. The van der Waals surface area contributed by atoms with Crippen LogP contribution in [0.3, 0.4) is 0 Å². The van der Waals surface area contributed by atoms with E-state index in [0.29, 0.717) is 12.1 Å². The summed E-state index contributed by atoms with van der Waals surface area (Å²) in [5.74, 6) is 0. The van der Waals surface area contributed by atoms with Crippen molar-refractivity contribution in [2.24, 2.45) is 0 Å². The minimum Gasteiger partial charge on any atom is -0.369 e. The van der Waals surface area contributed by atoms with Gasteiger partial charge in [-0.05, 0) is 18.2 Å². The zero-order valence-electron chi connectivity index (χ0n) is 8.42. The number of allylic oxidation sites excluding steroid dienone is 1. The Hall–Kier alpha value is -0.930. The highest BCUT2D eigenvalue weighted by Crippen LogP contribution is 2.25. The number of hydrogen-bond donors (Lipinski definition) is 1. The summed E-state index contributed by atoms with van der Waals surface area (Å²) in [5, 5.41) is 3.00. The zero-order chi connectivity index (χ0) is 10.6. The Morgan fingerprint density at radius 3 is 2.64 bits per heavy atom. The van der Waals surface area contributed by atoms with E-state index in [9.17, 15) is 4.39 Å². The Morgan fingerprint density at radius 2 is 2.14 bits per heavy atom. The van der Waals surface area contributed by atoms with Gasteiger partial charge in [-0.3, -0.25) is 0 Å². The van der Waals surface area contributed by atoms with Gasteiger partial charge in [-0.2, -0.15) is 0 Å². The van der Waals surface area contributed by atoms with Crippen LogP contribution in [0.5, 0.6) is 0 Å². The highest BCUT2D eigenvalue weighted by atomic mass is 19.1. The van der Waals surface area contributed by atoms with Crippen LogP contribution in [0.15, 0.2) is 36.5 Å². The number of hydrogen-bond acceptors (Lipinski definition) is 2. The monoisotopic (exact) mass is 197 g/mol. The average molecular weight is 197 g/mol. The number of nitrogens with one attached hydrogen (secondary N) is 1. The fourth-order valence-electron chi connectivity index (χ4n) is 1.60. The molecular weight excluding hydrogens is 181 g/mol. The number of likely N-dealkylation sites (N-methyl/N-ethyl adjacent to an activating group) is 1. The molecule has 3 heteroatoms. The molecular formula is C11H16FNO. The van der Waals surface area contributed by atoms with E-state index in [2.05, 4.69) is 18.5 Å². The van der Waals surface area contributed by atoms with E-state index in [0.717, 1.165) is 5.57 Å². The smallest absolute Gasteiger partial charge is 0.149 e. The zero-order valence-corrected chi connectivity index (χ0v) is 8.42. The first-order valence-electron chi connectivity index (χ1n) is 4.63. The van der Waals surface area contributed by atoms with Gasteiger partial charge in [0, 0.05) is 6.54 Å². The minimum absolute atomic E-state index is 0.102. The molecule has 0 aromatic heterocycles. The van der Waals surface area contributed by atoms with Crippen molar-refractivity contribution < 1.29 is 9.13 Å². The van der Waals surface area contributed by atoms with Crippen LogP contribution in [0.25, 0.3) is 0 Å². The predicted molar refractivity (Wildman–Crippen MR) is 56.0 cm³/mol. The Kier molecular flexibility index (Phi) is 4.04. The largest absolute Gasteiger partial charge is 0.369 e. The van der Waals surface area contributed by atoms with E-state index in [1.54, 1.807) is 12.2 Å². The highest BCUT2D eigenvalue weighted by molar-refractivity contribution is 5.38. The van der Waals surface area contributed by atoms with E-state index < -0.39 is 6.17 Å². The van der Waals surface area contributed by atoms with Crippen LogP contribution in [0.1, 0.15) is 0 Å².